The maximum Gasteiger partial charge on any atom is 0.235 e. The number of carbonyl (C=O) groups excluding carboxylic acids is 1. The van der Waals surface area contributed by atoms with Crippen molar-refractivity contribution < 1.29 is 14.3 Å². The number of isocyanates is 1. The van der Waals surface area contributed by atoms with Crippen LogP contribution in [0, 0.1) is 0 Å². The molecule has 0 radical (unpaired) electrons. The number of nitrogens with zero attached hydrogens (tertiary/aromatic N) is 1. The number of halogens is 1. The van der Waals surface area contributed by atoms with Gasteiger partial charge in [0.2, 0.25) is 6.08 Å². The molecule has 2 fully saturated rings. The zero-order valence-electron chi connectivity index (χ0n) is 10.6. The molecule has 0 amide bonds. The van der Waals surface area contributed by atoms with Crippen molar-refractivity contribution in [1.29, 1.82) is 0 Å². The highest BCUT2D eigenvalue weighted by Gasteiger charge is 2.45. The first-order valence-corrected chi connectivity index (χ1v) is 6.70. The minimum Gasteiger partial charge on any atom is -0.493 e. The first-order chi connectivity index (χ1) is 9.18. The average molecular weight is 280 g/mol. The van der Waals surface area contributed by atoms with Gasteiger partial charge in [0.1, 0.15) is 0 Å². The van der Waals surface area contributed by atoms with Crippen molar-refractivity contribution in [2.45, 2.75) is 37.3 Å². The van der Waals surface area contributed by atoms with Crippen LogP contribution in [0.4, 0.5) is 0 Å². The van der Waals surface area contributed by atoms with Crippen LogP contribution in [-0.4, -0.2) is 19.3 Å². The number of hydrogen-bond acceptors (Lipinski definition) is 4. The quantitative estimate of drug-likeness (QED) is 0.614. The average Bonchev–Trinajstić information content (AvgIpc) is 3.27. The molecular weight excluding hydrogens is 266 g/mol. The van der Waals surface area contributed by atoms with E-state index in [1.807, 2.05) is 12.1 Å². The van der Waals surface area contributed by atoms with Gasteiger partial charge in [0, 0.05) is 0 Å². The molecule has 1 aromatic carbocycles. The highest BCUT2D eigenvalue weighted by atomic mass is 35.5. The fourth-order valence-electron chi connectivity index (χ4n) is 2.13. The monoisotopic (exact) mass is 279 g/mol. The molecule has 0 spiro atoms. The van der Waals surface area contributed by atoms with Crippen LogP contribution < -0.4 is 9.47 Å². The molecule has 0 unspecified atom stereocenters. The molecule has 100 valence electrons. The van der Waals surface area contributed by atoms with Crippen molar-refractivity contribution in [1.82, 2.24) is 0 Å². The number of hydrogen-bond donors (Lipinski definition) is 0. The summed E-state index contributed by atoms with van der Waals surface area (Å²) in [5.74, 6) is 1.18. The Labute approximate surface area is 116 Å². The lowest BCUT2D eigenvalue weighted by molar-refractivity contribution is 0.282. The highest BCUT2D eigenvalue weighted by molar-refractivity contribution is 6.32. The molecule has 2 saturated carbocycles. The smallest absolute Gasteiger partial charge is 0.235 e. The van der Waals surface area contributed by atoms with Crippen LogP contribution in [0.2, 0.25) is 5.02 Å². The van der Waals surface area contributed by atoms with Crippen LogP contribution in [0.25, 0.3) is 0 Å². The van der Waals surface area contributed by atoms with Crippen molar-refractivity contribution in [2.24, 2.45) is 4.99 Å². The first kappa shape index (κ1) is 12.5. The molecule has 0 heterocycles. The van der Waals surface area contributed by atoms with E-state index in [4.69, 9.17) is 21.1 Å². The summed E-state index contributed by atoms with van der Waals surface area (Å²) in [7, 11) is 1.58. The van der Waals surface area contributed by atoms with E-state index < -0.39 is 5.54 Å². The second-order valence-corrected chi connectivity index (χ2v) is 5.45. The molecule has 3 rings (SSSR count). The molecule has 2 aliphatic rings. The molecule has 0 aliphatic heterocycles. The van der Waals surface area contributed by atoms with Gasteiger partial charge in [-0.2, -0.15) is 4.99 Å². The van der Waals surface area contributed by atoms with Gasteiger partial charge in [-0.1, -0.05) is 11.6 Å². The maximum absolute atomic E-state index is 10.5. The molecule has 0 saturated heterocycles. The van der Waals surface area contributed by atoms with Crippen LogP contribution in [0.1, 0.15) is 31.2 Å². The summed E-state index contributed by atoms with van der Waals surface area (Å²) in [5.41, 5.74) is 0.442. The van der Waals surface area contributed by atoms with E-state index in [0.29, 0.717) is 16.5 Å². The molecular formula is C14H14ClNO3. The van der Waals surface area contributed by atoms with E-state index >= 15 is 0 Å². The lowest BCUT2D eigenvalue weighted by Gasteiger charge is -2.16. The van der Waals surface area contributed by atoms with Crippen LogP contribution in [-0.2, 0) is 10.3 Å². The molecule has 1 aromatic rings. The third-order valence-corrected chi connectivity index (χ3v) is 3.84. The fourth-order valence-corrected chi connectivity index (χ4v) is 2.38. The molecule has 19 heavy (non-hydrogen) atoms. The van der Waals surface area contributed by atoms with Gasteiger partial charge < -0.3 is 9.47 Å². The van der Waals surface area contributed by atoms with Crippen LogP contribution in [0.15, 0.2) is 17.1 Å². The van der Waals surface area contributed by atoms with Gasteiger partial charge in [0.15, 0.2) is 11.5 Å². The minimum atomic E-state index is -0.448. The summed E-state index contributed by atoms with van der Waals surface area (Å²) < 4.78 is 11.1. The van der Waals surface area contributed by atoms with E-state index in [1.165, 1.54) is 0 Å². The lowest BCUT2D eigenvalue weighted by Crippen LogP contribution is -2.05. The number of ether oxygens (including phenoxy) is 2. The summed E-state index contributed by atoms with van der Waals surface area (Å²) >= 11 is 6.27. The number of aliphatic imine (C=N–C) groups is 1. The van der Waals surface area contributed by atoms with Gasteiger partial charge in [0.05, 0.1) is 23.8 Å². The minimum absolute atomic E-state index is 0.250. The second-order valence-electron chi connectivity index (χ2n) is 5.04. The van der Waals surface area contributed by atoms with Crippen molar-refractivity contribution in [3.8, 4) is 11.5 Å². The Balaban J connectivity index is 1.99. The summed E-state index contributed by atoms with van der Waals surface area (Å²) in [5, 5.41) is 0.508. The molecule has 0 aromatic heterocycles. The maximum atomic E-state index is 10.5. The number of benzene rings is 1. The van der Waals surface area contributed by atoms with Gasteiger partial charge in [-0.15, -0.1) is 0 Å². The van der Waals surface area contributed by atoms with Crippen LogP contribution >= 0.6 is 11.6 Å². The molecule has 0 bridgehead atoms. The summed E-state index contributed by atoms with van der Waals surface area (Å²) in [6, 6.07) is 3.67. The Morgan fingerprint density at radius 1 is 1.42 bits per heavy atom. The Bertz CT molecular complexity index is 558. The van der Waals surface area contributed by atoms with Gasteiger partial charge in [-0.05, 0) is 43.4 Å². The van der Waals surface area contributed by atoms with Crippen LogP contribution in [0.3, 0.4) is 0 Å². The summed E-state index contributed by atoms with van der Waals surface area (Å²) in [6.45, 7) is 0. The molecule has 5 heteroatoms. The zero-order chi connectivity index (χ0) is 13.5. The Morgan fingerprint density at radius 2 is 2.16 bits per heavy atom. The van der Waals surface area contributed by atoms with Crippen molar-refractivity contribution in [2.75, 3.05) is 7.11 Å². The first-order valence-electron chi connectivity index (χ1n) is 6.32. The van der Waals surface area contributed by atoms with E-state index in [0.717, 1.165) is 31.2 Å². The Hall–Kier alpha value is -1.51. The molecule has 0 atom stereocenters. The molecule has 2 aliphatic carbocycles. The van der Waals surface area contributed by atoms with Crippen molar-refractivity contribution >= 4 is 17.7 Å². The van der Waals surface area contributed by atoms with Gasteiger partial charge in [0.25, 0.3) is 0 Å². The molecule has 0 N–H and O–H groups in total. The predicted octanol–water partition coefficient (Wildman–Crippen LogP) is 3.21. The third kappa shape index (κ3) is 2.34. The SMILES string of the molecule is COc1cc(C2(N=C=O)CC2)cc(Cl)c1OC1CC1. The standard InChI is InChI=1S/C14H14ClNO3/c1-18-12-7-9(14(4-5-14)16-8-17)6-11(15)13(12)19-10-2-3-10/h6-7,10H,2-5H2,1H3. The number of methoxy groups -OCH3 is 1. The van der Waals surface area contributed by atoms with Gasteiger partial charge in [-0.25, -0.2) is 4.79 Å². The van der Waals surface area contributed by atoms with E-state index in [2.05, 4.69) is 4.99 Å². The fraction of sp³-hybridized carbons (Fsp3) is 0.500. The summed E-state index contributed by atoms with van der Waals surface area (Å²) in [6.07, 6.45) is 5.68. The second kappa shape index (κ2) is 4.55. The predicted molar refractivity (Wildman–Crippen MR) is 70.7 cm³/mol. The van der Waals surface area contributed by atoms with Gasteiger partial charge >= 0.3 is 0 Å². The third-order valence-electron chi connectivity index (χ3n) is 3.56. The van der Waals surface area contributed by atoms with Crippen molar-refractivity contribution in [3.63, 3.8) is 0 Å². The number of rotatable bonds is 5. The largest absolute Gasteiger partial charge is 0.493 e. The lowest BCUT2D eigenvalue weighted by atomic mass is 10.0. The van der Waals surface area contributed by atoms with Crippen molar-refractivity contribution in [3.05, 3.63) is 22.7 Å². The van der Waals surface area contributed by atoms with E-state index in [1.54, 1.807) is 13.2 Å². The van der Waals surface area contributed by atoms with Crippen LogP contribution in [0.5, 0.6) is 11.5 Å². The summed E-state index contributed by atoms with van der Waals surface area (Å²) in [4.78, 5) is 14.4. The zero-order valence-corrected chi connectivity index (χ0v) is 11.4. The van der Waals surface area contributed by atoms with Gasteiger partial charge in [-0.3, -0.25) is 0 Å². The molecule has 4 nitrogen and oxygen atoms in total. The van der Waals surface area contributed by atoms with E-state index in [9.17, 15) is 4.79 Å². The topological polar surface area (TPSA) is 47.9 Å². The Kier molecular flexibility index (Phi) is 3.00. The highest BCUT2D eigenvalue weighted by Crippen LogP contribution is 2.52. The normalized spacial score (nSPS) is 19.5. The Morgan fingerprint density at radius 3 is 2.68 bits per heavy atom. The van der Waals surface area contributed by atoms with E-state index in [-0.39, 0.29) is 6.10 Å².